The van der Waals surface area contributed by atoms with Crippen LogP contribution < -0.4 is 14.8 Å². The summed E-state index contributed by atoms with van der Waals surface area (Å²) in [5.74, 6) is 1.60. The highest BCUT2D eigenvalue weighted by Gasteiger charge is 2.30. The third-order valence-corrected chi connectivity index (χ3v) is 6.74. The van der Waals surface area contributed by atoms with Gasteiger partial charge < -0.3 is 14.8 Å². The molecule has 4 aromatic rings. The van der Waals surface area contributed by atoms with Crippen LogP contribution in [0.3, 0.4) is 0 Å². The molecule has 1 aliphatic heterocycles. The zero-order valence-electron chi connectivity index (χ0n) is 19.5. The van der Waals surface area contributed by atoms with Crippen molar-refractivity contribution in [2.24, 2.45) is 0 Å². The van der Waals surface area contributed by atoms with E-state index >= 15 is 0 Å². The monoisotopic (exact) mass is 526 g/mol. The van der Waals surface area contributed by atoms with E-state index in [1.54, 1.807) is 6.92 Å². The Morgan fingerprint density at radius 1 is 1.03 bits per heavy atom. The molecule has 2 heterocycles. The van der Waals surface area contributed by atoms with Crippen molar-refractivity contribution in [1.29, 1.82) is 0 Å². The summed E-state index contributed by atoms with van der Waals surface area (Å²) >= 11 is 1.21. The number of hydrogen-bond acceptors (Lipinski definition) is 6. The molecule has 1 N–H and O–H groups in total. The largest absolute Gasteiger partial charge is 0.454 e. The van der Waals surface area contributed by atoms with Crippen molar-refractivity contribution >= 4 is 23.4 Å². The summed E-state index contributed by atoms with van der Waals surface area (Å²) in [6.45, 7) is 2.29. The number of alkyl halides is 3. The van der Waals surface area contributed by atoms with Gasteiger partial charge in [-0.05, 0) is 48.9 Å². The number of carbonyl (C=O) groups is 1. The number of ether oxygens (including phenoxy) is 2. The van der Waals surface area contributed by atoms with E-state index in [0.717, 1.165) is 23.3 Å². The second-order valence-electron chi connectivity index (χ2n) is 8.27. The van der Waals surface area contributed by atoms with E-state index in [1.807, 2.05) is 53.1 Å². The molecule has 0 fully saturated rings. The Hall–Kier alpha value is -3.99. The Kier molecular flexibility index (Phi) is 6.79. The molecular weight excluding hydrogens is 505 g/mol. The molecule has 1 atom stereocenters. The first-order valence-corrected chi connectivity index (χ1v) is 12.2. The highest BCUT2D eigenvalue weighted by molar-refractivity contribution is 8.00. The molecule has 190 valence electrons. The summed E-state index contributed by atoms with van der Waals surface area (Å²) in [6.07, 6.45) is -4.44. The predicted octanol–water partition coefficient (Wildman–Crippen LogP) is 5.86. The quantitative estimate of drug-likeness (QED) is 0.304. The predicted molar refractivity (Wildman–Crippen MR) is 133 cm³/mol. The Morgan fingerprint density at radius 2 is 1.76 bits per heavy atom. The van der Waals surface area contributed by atoms with Crippen LogP contribution in [-0.2, 0) is 17.5 Å². The minimum atomic E-state index is -4.44. The van der Waals surface area contributed by atoms with Crippen LogP contribution in [0.4, 0.5) is 18.9 Å². The van der Waals surface area contributed by atoms with Crippen LogP contribution in [0.5, 0.6) is 11.5 Å². The van der Waals surface area contributed by atoms with E-state index in [0.29, 0.717) is 29.0 Å². The van der Waals surface area contributed by atoms with Crippen LogP contribution in [0.1, 0.15) is 18.1 Å². The highest BCUT2D eigenvalue weighted by atomic mass is 32.2. The fourth-order valence-corrected chi connectivity index (χ4v) is 4.59. The smallest absolute Gasteiger partial charge is 0.416 e. The number of rotatable bonds is 7. The summed E-state index contributed by atoms with van der Waals surface area (Å²) < 4.78 is 51.3. The number of amides is 1. The number of fused-ring (bicyclic) bond motifs is 1. The molecule has 0 saturated carbocycles. The molecule has 5 rings (SSSR count). The molecular formula is C26H21F3N4O3S. The molecule has 0 bridgehead atoms. The van der Waals surface area contributed by atoms with Gasteiger partial charge in [0.15, 0.2) is 22.5 Å². The number of carbonyl (C=O) groups excluding carboxylic acids is 1. The van der Waals surface area contributed by atoms with Gasteiger partial charge in [-0.25, -0.2) is 0 Å². The normalized spacial score (nSPS) is 13.4. The molecule has 1 unspecified atom stereocenters. The minimum Gasteiger partial charge on any atom is -0.454 e. The lowest BCUT2D eigenvalue weighted by Crippen LogP contribution is -2.23. The molecule has 1 aromatic heterocycles. The number of benzene rings is 3. The molecule has 7 nitrogen and oxygen atoms in total. The van der Waals surface area contributed by atoms with Crippen molar-refractivity contribution in [2.45, 2.75) is 30.1 Å². The summed E-state index contributed by atoms with van der Waals surface area (Å²) in [4.78, 5) is 12.8. The Labute approximate surface area is 214 Å². The maximum Gasteiger partial charge on any atom is 0.416 e. The lowest BCUT2D eigenvalue weighted by atomic mass is 10.2. The lowest BCUT2D eigenvalue weighted by molar-refractivity contribution is -0.137. The summed E-state index contributed by atoms with van der Waals surface area (Å²) in [5, 5.41) is 11.3. The van der Waals surface area contributed by atoms with Gasteiger partial charge in [0.05, 0.1) is 17.4 Å². The fraction of sp³-hybridized carbons (Fsp3) is 0.192. The molecule has 0 radical (unpaired) electrons. The Balaban J connectivity index is 1.36. The maximum atomic E-state index is 12.8. The Bertz CT molecular complexity index is 1410. The van der Waals surface area contributed by atoms with E-state index in [2.05, 4.69) is 15.5 Å². The van der Waals surface area contributed by atoms with Gasteiger partial charge >= 0.3 is 6.18 Å². The average Bonchev–Trinajstić information content (AvgIpc) is 3.51. The maximum absolute atomic E-state index is 12.8. The van der Waals surface area contributed by atoms with E-state index < -0.39 is 17.0 Å². The van der Waals surface area contributed by atoms with Crippen molar-refractivity contribution in [3.8, 4) is 22.9 Å². The van der Waals surface area contributed by atoms with Gasteiger partial charge in [0.25, 0.3) is 0 Å². The zero-order valence-corrected chi connectivity index (χ0v) is 20.3. The van der Waals surface area contributed by atoms with Crippen LogP contribution in [-0.4, -0.2) is 32.7 Å². The van der Waals surface area contributed by atoms with E-state index in [9.17, 15) is 18.0 Å². The van der Waals surface area contributed by atoms with Gasteiger partial charge in [-0.3, -0.25) is 9.36 Å². The first-order valence-electron chi connectivity index (χ1n) is 11.3. The number of halogens is 3. The van der Waals surface area contributed by atoms with Gasteiger partial charge in [-0.15, -0.1) is 10.2 Å². The number of hydrogen-bond donors (Lipinski definition) is 1. The zero-order chi connectivity index (χ0) is 26.0. The Morgan fingerprint density at radius 3 is 2.49 bits per heavy atom. The molecule has 0 spiro atoms. The van der Waals surface area contributed by atoms with Crippen molar-refractivity contribution in [3.63, 3.8) is 0 Å². The van der Waals surface area contributed by atoms with Crippen LogP contribution in [0, 0.1) is 0 Å². The van der Waals surface area contributed by atoms with E-state index in [-0.39, 0.29) is 18.4 Å². The van der Waals surface area contributed by atoms with Gasteiger partial charge in [0.1, 0.15) is 0 Å². The molecule has 0 aliphatic carbocycles. The van der Waals surface area contributed by atoms with Gasteiger partial charge in [-0.1, -0.05) is 48.2 Å². The first kappa shape index (κ1) is 24.7. The van der Waals surface area contributed by atoms with Crippen molar-refractivity contribution in [3.05, 3.63) is 83.9 Å². The van der Waals surface area contributed by atoms with Crippen molar-refractivity contribution in [2.75, 3.05) is 12.1 Å². The van der Waals surface area contributed by atoms with Gasteiger partial charge in [-0.2, -0.15) is 13.2 Å². The van der Waals surface area contributed by atoms with Gasteiger partial charge in [0, 0.05) is 11.3 Å². The molecule has 1 aliphatic rings. The van der Waals surface area contributed by atoms with Crippen LogP contribution >= 0.6 is 11.8 Å². The number of thioether (sulfide) groups is 1. The average molecular weight is 527 g/mol. The van der Waals surface area contributed by atoms with Crippen molar-refractivity contribution < 1.29 is 27.4 Å². The van der Waals surface area contributed by atoms with Crippen LogP contribution in [0.25, 0.3) is 11.4 Å². The SMILES string of the molecule is CC(Sc1nnc(-c2ccccc2)n1Cc1ccc2c(c1)OCO2)C(=O)Nc1ccc(C(F)(F)F)cc1. The lowest BCUT2D eigenvalue weighted by Gasteiger charge is -2.15. The molecule has 3 aromatic carbocycles. The first-order chi connectivity index (χ1) is 17.8. The topological polar surface area (TPSA) is 78.3 Å². The number of aromatic nitrogens is 3. The second kappa shape index (κ2) is 10.2. The van der Waals surface area contributed by atoms with Crippen LogP contribution in [0.15, 0.2) is 78.0 Å². The highest BCUT2D eigenvalue weighted by Crippen LogP contribution is 2.34. The summed E-state index contributed by atoms with van der Waals surface area (Å²) in [6, 6.07) is 19.6. The third-order valence-electron chi connectivity index (χ3n) is 5.66. The molecule has 1 amide bonds. The minimum absolute atomic E-state index is 0.174. The number of anilines is 1. The summed E-state index contributed by atoms with van der Waals surface area (Å²) in [5.41, 5.74) is 1.30. The summed E-state index contributed by atoms with van der Waals surface area (Å²) in [7, 11) is 0. The molecule has 0 saturated heterocycles. The van der Waals surface area contributed by atoms with Crippen molar-refractivity contribution in [1.82, 2.24) is 14.8 Å². The third kappa shape index (κ3) is 5.56. The van der Waals surface area contributed by atoms with Crippen LogP contribution in [0.2, 0.25) is 0 Å². The number of nitrogens with zero attached hydrogens (tertiary/aromatic N) is 3. The second-order valence-corrected chi connectivity index (χ2v) is 9.58. The molecule has 11 heteroatoms. The molecule has 37 heavy (non-hydrogen) atoms. The fourth-order valence-electron chi connectivity index (χ4n) is 3.74. The van der Waals surface area contributed by atoms with E-state index in [4.69, 9.17) is 9.47 Å². The number of nitrogens with one attached hydrogen (secondary N) is 1. The van der Waals surface area contributed by atoms with Gasteiger partial charge in [0.2, 0.25) is 12.7 Å². The standard InChI is InChI=1S/C26H21F3N4O3S/c1-16(24(34)30-20-10-8-19(9-11-20)26(27,28)29)37-25-32-31-23(18-5-3-2-4-6-18)33(25)14-17-7-12-21-22(13-17)36-15-35-21/h2-13,16H,14-15H2,1H3,(H,30,34). The van der Waals surface area contributed by atoms with E-state index in [1.165, 1.54) is 23.9 Å².